The molecule has 0 saturated heterocycles. The lowest BCUT2D eigenvalue weighted by Gasteiger charge is -2.01. The average molecular weight is 405 g/mol. The Morgan fingerprint density at radius 3 is 2.65 bits per heavy atom. The van der Waals surface area contributed by atoms with Crippen molar-refractivity contribution in [3.8, 4) is 11.3 Å². The highest BCUT2D eigenvalue weighted by molar-refractivity contribution is 7.20. The van der Waals surface area contributed by atoms with Gasteiger partial charge in [-0.1, -0.05) is 70.9 Å². The number of hydrazone groups is 1. The van der Waals surface area contributed by atoms with E-state index in [1.165, 1.54) is 18.3 Å². The van der Waals surface area contributed by atoms with E-state index in [2.05, 4.69) is 20.8 Å². The third-order valence-electron chi connectivity index (χ3n) is 3.29. The fourth-order valence-electron chi connectivity index (χ4n) is 2.17. The largest absolute Gasteiger partial charge is 0.316 e. The molecule has 2 aromatic carbocycles. The summed E-state index contributed by atoms with van der Waals surface area (Å²) in [5, 5.41) is 9.24. The zero-order valence-electron chi connectivity index (χ0n) is 13.7. The lowest BCUT2D eigenvalue weighted by Crippen LogP contribution is -2.05. The van der Waals surface area contributed by atoms with Crippen molar-refractivity contribution in [3.05, 3.63) is 64.1 Å². The quantitative estimate of drug-likeness (QED) is 0.434. The molecule has 3 rings (SSSR count). The number of aromatic nitrogens is 1. The first-order chi connectivity index (χ1) is 12.5. The maximum atomic E-state index is 11.5. The van der Waals surface area contributed by atoms with Gasteiger partial charge < -0.3 is 5.32 Å². The number of nitrogens with zero attached hydrogens (tertiary/aromatic N) is 2. The highest BCUT2D eigenvalue weighted by Crippen LogP contribution is 2.35. The third kappa shape index (κ3) is 4.60. The molecule has 2 N–H and O–H groups in total. The molecule has 0 aliphatic heterocycles. The summed E-state index contributed by atoms with van der Waals surface area (Å²) in [6.07, 6.45) is 1.58. The Labute approximate surface area is 164 Å². The van der Waals surface area contributed by atoms with Crippen LogP contribution in [0, 0.1) is 0 Å². The molecular weight excluding hydrogens is 391 g/mol. The van der Waals surface area contributed by atoms with Gasteiger partial charge in [0.2, 0.25) is 11.0 Å². The van der Waals surface area contributed by atoms with Crippen LogP contribution in [0.4, 0.5) is 10.1 Å². The van der Waals surface area contributed by atoms with E-state index in [1.807, 2.05) is 30.3 Å². The topological polar surface area (TPSA) is 66.4 Å². The molecule has 0 saturated carbocycles. The summed E-state index contributed by atoms with van der Waals surface area (Å²) in [7, 11) is 0. The van der Waals surface area contributed by atoms with Gasteiger partial charge in [-0.2, -0.15) is 5.10 Å². The van der Waals surface area contributed by atoms with Crippen molar-refractivity contribution in [3.63, 3.8) is 0 Å². The summed E-state index contributed by atoms with van der Waals surface area (Å²) in [4.78, 5) is 16.0. The number of carbonyl (C=O) groups is 1. The van der Waals surface area contributed by atoms with Crippen LogP contribution in [-0.2, 0) is 4.79 Å². The van der Waals surface area contributed by atoms with E-state index in [0.29, 0.717) is 25.9 Å². The van der Waals surface area contributed by atoms with Crippen molar-refractivity contribution < 1.29 is 4.79 Å². The zero-order chi connectivity index (χ0) is 18.5. The Morgan fingerprint density at radius 1 is 1.19 bits per heavy atom. The van der Waals surface area contributed by atoms with Crippen LogP contribution in [0.3, 0.4) is 0 Å². The van der Waals surface area contributed by atoms with Crippen molar-refractivity contribution in [2.24, 2.45) is 5.10 Å². The molecule has 1 amide bonds. The van der Waals surface area contributed by atoms with Crippen molar-refractivity contribution in [1.29, 1.82) is 0 Å². The molecule has 132 valence electrons. The number of anilines is 2. The number of benzene rings is 2. The molecule has 0 fully saturated rings. The summed E-state index contributed by atoms with van der Waals surface area (Å²) < 4.78 is 0. The summed E-state index contributed by atoms with van der Waals surface area (Å²) in [5.41, 5.74) is 5.20. The number of halogens is 2. The predicted octanol–water partition coefficient (Wildman–Crippen LogP) is 5.52. The number of nitrogens with one attached hydrogen (secondary N) is 2. The minimum Gasteiger partial charge on any atom is -0.316 e. The summed E-state index contributed by atoms with van der Waals surface area (Å²) >= 11 is 13.3. The molecule has 0 unspecified atom stereocenters. The van der Waals surface area contributed by atoms with Crippen molar-refractivity contribution in [2.75, 3.05) is 10.7 Å². The Balaban J connectivity index is 1.83. The average Bonchev–Trinajstić information content (AvgIpc) is 2.99. The van der Waals surface area contributed by atoms with Crippen molar-refractivity contribution >= 4 is 56.8 Å². The summed E-state index contributed by atoms with van der Waals surface area (Å²) in [6, 6.07) is 14.8. The van der Waals surface area contributed by atoms with Crippen LogP contribution in [0.1, 0.15) is 12.5 Å². The summed E-state index contributed by atoms with van der Waals surface area (Å²) in [5.74, 6) is -0.158. The smallest absolute Gasteiger partial charge is 0.221 e. The van der Waals surface area contributed by atoms with Gasteiger partial charge in [0.1, 0.15) is 10.7 Å². The van der Waals surface area contributed by atoms with E-state index in [-0.39, 0.29) is 5.91 Å². The van der Waals surface area contributed by atoms with Gasteiger partial charge in [-0.05, 0) is 12.1 Å². The second kappa shape index (κ2) is 8.31. The number of hydrogen-bond acceptors (Lipinski definition) is 5. The van der Waals surface area contributed by atoms with Crippen molar-refractivity contribution in [2.45, 2.75) is 6.92 Å². The van der Waals surface area contributed by atoms with Crippen LogP contribution in [0.5, 0.6) is 0 Å². The molecule has 8 heteroatoms. The highest BCUT2D eigenvalue weighted by atomic mass is 35.5. The lowest BCUT2D eigenvalue weighted by molar-refractivity contribution is -0.114. The second-order valence-corrected chi connectivity index (χ2v) is 7.12. The third-order valence-corrected chi connectivity index (χ3v) is 4.73. The van der Waals surface area contributed by atoms with Gasteiger partial charge in [-0.25, -0.2) is 4.98 Å². The van der Waals surface area contributed by atoms with Gasteiger partial charge >= 0.3 is 0 Å². The molecule has 0 aliphatic rings. The molecule has 0 aliphatic carbocycles. The Morgan fingerprint density at radius 2 is 1.96 bits per heavy atom. The minimum atomic E-state index is -0.158. The van der Waals surface area contributed by atoms with E-state index >= 15 is 0 Å². The molecule has 0 bridgehead atoms. The number of amides is 1. The maximum Gasteiger partial charge on any atom is 0.221 e. The first kappa shape index (κ1) is 18.4. The van der Waals surface area contributed by atoms with Crippen LogP contribution in [0.25, 0.3) is 11.3 Å². The molecule has 1 heterocycles. The second-order valence-electron chi connectivity index (χ2n) is 5.28. The van der Waals surface area contributed by atoms with E-state index in [9.17, 15) is 4.79 Å². The Bertz CT molecular complexity index is 957. The highest BCUT2D eigenvalue weighted by Gasteiger charge is 2.13. The molecular formula is C18H14Cl2N4OS. The van der Waals surface area contributed by atoms with E-state index in [0.717, 1.165) is 11.1 Å². The molecule has 0 spiro atoms. The van der Waals surface area contributed by atoms with Crippen LogP contribution in [0.15, 0.2) is 53.6 Å². The summed E-state index contributed by atoms with van der Waals surface area (Å²) in [6.45, 7) is 1.46. The van der Waals surface area contributed by atoms with E-state index < -0.39 is 0 Å². The number of rotatable bonds is 5. The lowest BCUT2D eigenvalue weighted by atomic mass is 10.2. The van der Waals surface area contributed by atoms with Gasteiger partial charge in [0.25, 0.3) is 0 Å². The van der Waals surface area contributed by atoms with Crippen LogP contribution < -0.4 is 10.7 Å². The molecule has 0 radical (unpaired) electrons. The Kier molecular flexibility index (Phi) is 5.88. The van der Waals surface area contributed by atoms with Crippen LogP contribution in [-0.4, -0.2) is 17.1 Å². The molecule has 26 heavy (non-hydrogen) atoms. The molecule has 3 aromatic rings. The predicted molar refractivity (Wildman–Crippen MR) is 110 cm³/mol. The maximum absolute atomic E-state index is 11.5. The van der Waals surface area contributed by atoms with Gasteiger partial charge in [0.05, 0.1) is 11.2 Å². The number of hydrogen-bond donors (Lipinski definition) is 2. The van der Waals surface area contributed by atoms with Gasteiger partial charge in [-0.15, -0.1) is 0 Å². The van der Waals surface area contributed by atoms with Crippen LogP contribution >= 0.6 is 34.5 Å². The van der Waals surface area contributed by atoms with Gasteiger partial charge in [0, 0.05) is 23.1 Å². The fourth-order valence-corrected chi connectivity index (χ4v) is 3.51. The zero-order valence-corrected chi connectivity index (χ0v) is 16.0. The minimum absolute atomic E-state index is 0.158. The SMILES string of the molecule is CC(=O)Nc1sc(N/N=C\c2ccc(Cl)cc2Cl)nc1-c1ccccc1. The van der Waals surface area contributed by atoms with Crippen molar-refractivity contribution in [1.82, 2.24) is 4.98 Å². The molecule has 5 nitrogen and oxygen atoms in total. The number of carbonyl (C=O) groups excluding carboxylic acids is 1. The molecule has 0 atom stereocenters. The standard InChI is InChI=1S/C18H14Cl2N4OS/c1-11(25)22-17-16(12-5-3-2-4-6-12)23-18(26-17)24-21-10-13-7-8-14(19)9-15(13)20/h2-10H,1H3,(H,22,25)(H,23,24)/b21-10-. The van der Waals surface area contributed by atoms with E-state index in [4.69, 9.17) is 23.2 Å². The molecule has 1 aromatic heterocycles. The first-order valence-electron chi connectivity index (χ1n) is 7.61. The normalized spacial score (nSPS) is 10.9. The fraction of sp³-hybridized carbons (Fsp3) is 0.0556. The number of thiazole rings is 1. The van der Waals surface area contributed by atoms with E-state index in [1.54, 1.807) is 24.4 Å². The first-order valence-corrected chi connectivity index (χ1v) is 9.18. The monoisotopic (exact) mass is 404 g/mol. The van der Waals surface area contributed by atoms with Gasteiger partial charge in [-0.3, -0.25) is 10.2 Å². The van der Waals surface area contributed by atoms with Crippen LogP contribution in [0.2, 0.25) is 10.0 Å². The van der Waals surface area contributed by atoms with Gasteiger partial charge in [0.15, 0.2) is 0 Å². The Hall–Kier alpha value is -2.41.